The molecule has 0 bridgehead atoms. The molecule has 1 N–H and O–H groups in total. The van der Waals surface area contributed by atoms with Gasteiger partial charge in [-0.05, 0) is 40.5 Å². The minimum Gasteiger partial charge on any atom is -0.481 e. The van der Waals surface area contributed by atoms with E-state index >= 15 is 0 Å². The van der Waals surface area contributed by atoms with Crippen molar-refractivity contribution in [2.75, 3.05) is 0 Å². The van der Waals surface area contributed by atoms with Crippen LogP contribution in [0, 0.1) is 5.82 Å². The van der Waals surface area contributed by atoms with Gasteiger partial charge in [0.2, 0.25) is 0 Å². The third kappa shape index (κ3) is 2.25. The van der Waals surface area contributed by atoms with Crippen molar-refractivity contribution >= 4 is 33.5 Å². The van der Waals surface area contributed by atoms with Crippen molar-refractivity contribution in [2.45, 2.75) is 12.8 Å². The van der Waals surface area contributed by atoms with Crippen molar-refractivity contribution in [3.8, 4) is 0 Å². The molecule has 0 amide bonds. The zero-order valence-corrected chi connectivity index (χ0v) is 9.56. The summed E-state index contributed by atoms with van der Waals surface area (Å²) in [5.74, 6) is -2.25. The molecule has 1 aromatic carbocycles. The maximum absolute atomic E-state index is 12.9. The normalized spacial score (nSPS) is 12.6. The van der Waals surface area contributed by atoms with E-state index in [2.05, 4.69) is 15.9 Å². The first-order valence-corrected chi connectivity index (χ1v) is 4.98. The van der Waals surface area contributed by atoms with E-state index in [1.165, 1.54) is 13.0 Å². The highest BCUT2D eigenvalue weighted by atomic mass is 79.9. The Morgan fingerprint density at radius 2 is 2.21 bits per heavy atom. The van der Waals surface area contributed by atoms with Crippen LogP contribution in [0.15, 0.2) is 16.6 Å². The molecule has 0 fully saturated rings. The van der Waals surface area contributed by atoms with Crippen LogP contribution >= 0.6 is 27.5 Å². The summed E-state index contributed by atoms with van der Waals surface area (Å²) in [6.07, 6.45) is 0. The second-order valence-electron chi connectivity index (χ2n) is 2.85. The van der Waals surface area contributed by atoms with Crippen LogP contribution in [0.1, 0.15) is 18.4 Å². The van der Waals surface area contributed by atoms with Crippen LogP contribution in [0.4, 0.5) is 4.39 Å². The lowest BCUT2D eigenvalue weighted by atomic mass is 10.0. The number of hydrogen-bond acceptors (Lipinski definition) is 1. The summed E-state index contributed by atoms with van der Waals surface area (Å²) < 4.78 is 13.2. The van der Waals surface area contributed by atoms with Gasteiger partial charge in [0.25, 0.3) is 0 Å². The van der Waals surface area contributed by atoms with E-state index in [1.54, 1.807) is 0 Å². The quantitative estimate of drug-likeness (QED) is 0.843. The van der Waals surface area contributed by atoms with Crippen LogP contribution in [0.3, 0.4) is 0 Å². The van der Waals surface area contributed by atoms with E-state index in [1.807, 2.05) is 0 Å². The van der Waals surface area contributed by atoms with Gasteiger partial charge in [0, 0.05) is 5.02 Å². The molecule has 1 unspecified atom stereocenters. The molecule has 0 saturated heterocycles. The summed E-state index contributed by atoms with van der Waals surface area (Å²) in [4.78, 5) is 10.7. The number of carboxylic acids is 1. The van der Waals surface area contributed by atoms with Crippen LogP contribution in [0.2, 0.25) is 5.02 Å². The average Bonchev–Trinajstić information content (AvgIpc) is 2.10. The van der Waals surface area contributed by atoms with Crippen LogP contribution in [-0.4, -0.2) is 11.1 Å². The molecule has 76 valence electrons. The molecule has 14 heavy (non-hydrogen) atoms. The Morgan fingerprint density at radius 1 is 1.64 bits per heavy atom. The van der Waals surface area contributed by atoms with E-state index in [-0.39, 0.29) is 9.50 Å². The highest BCUT2D eigenvalue weighted by Crippen LogP contribution is 2.29. The van der Waals surface area contributed by atoms with Crippen molar-refractivity contribution in [2.24, 2.45) is 0 Å². The summed E-state index contributed by atoms with van der Waals surface area (Å²) in [7, 11) is 0. The predicted octanol–water partition coefficient (Wildman–Crippen LogP) is 3.43. The van der Waals surface area contributed by atoms with E-state index < -0.39 is 17.7 Å². The molecule has 0 saturated carbocycles. The standard InChI is InChI=1S/C9H7BrClFO2/c1-4(9(13)14)5-2-6(10)8(12)3-7(5)11/h2-4H,1H3,(H,13,14). The lowest BCUT2D eigenvalue weighted by Crippen LogP contribution is -2.08. The molecule has 0 radical (unpaired) electrons. The Balaban J connectivity index is 3.22. The molecule has 0 heterocycles. The van der Waals surface area contributed by atoms with E-state index in [9.17, 15) is 9.18 Å². The van der Waals surface area contributed by atoms with Gasteiger partial charge < -0.3 is 5.11 Å². The molecule has 5 heteroatoms. The lowest BCUT2D eigenvalue weighted by molar-refractivity contribution is -0.138. The van der Waals surface area contributed by atoms with Crippen LogP contribution < -0.4 is 0 Å². The summed E-state index contributed by atoms with van der Waals surface area (Å²) >= 11 is 8.69. The SMILES string of the molecule is CC(C(=O)O)c1cc(Br)c(F)cc1Cl. The van der Waals surface area contributed by atoms with Crippen LogP contribution in [0.25, 0.3) is 0 Å². The highest BCUT2D eigenvalue weighted by Gasteiger charge is 2.18. The maximum Gasteiger partial charge on any atom is 0.310 e. The van der Waals surface area contributed by atoms with Crippen LogP contribution in [0.5, 0.6) is 0 Å². The number of aliphatic carboxylic acids is 1. The van der Waals surface area contributed by atoms with Gasteiger partial charge in [-0.25, -0.2) is 4.39 Å². The molecule has 1 rings (SSSR count). The van der Waals surface area contributed by atoms with Crippen molar-refractivity contribution in [1.29, 1.82) is 0 Å². The number of hydrogen-bond donors (Lipinski definition) is 1. The molecule has 0 aliphatic carbocycles. The van der Waals surface area contributed by atoms with Crippen molar-refractivity contribution in [3.63, 3.8) is 0 Å². The fourth-order valence-corrected chi connectivity index (χ4v) is 1.68. The minimum absolute atomic E-state index is 0.126. The summed E-state index contributed by atoms with van der Waals surface area (Å²) in [6, 6.07) is 2.48. The summed E-state index contributed by atoms with van der Waals surface area (Å²) in [5.41, 5.74) is 0.396. The Labute approximate surface area is 93.8 Å². The fourth-order valence-electron chi connectivity index (χ4n) is 1.00. The van der Waals surface area contributed by atoms with E-state index in [0.29, 0.717) is 5.56 Å². The number of carboxylic acid groups (broad SMARTS) is 1. The summed E-state index contributed by atoms with van der Waals surface area (Å²) in [6.45, 7) is 1.49. The Hall–Kier alpha value is -0.610. The monoisotopic (exact) mass is 280 g/mol. The lowest BCUT2D eigenvalue weighted by Gasteiger charge is -2.09. The van der Waals surface area contributed by atoms with E-state index in [4.69, 9.17) is 16.7 Å². The molecular weight excluding hydrogens is 274 g/mol. The smallest absolute Gasteiger partial charge is 0.310 e. The zero-order chi connectivity index (χ0) is 10.9. The number of halogens is 3. The fraction of sp³-hybridized carbons (Fsp3) is 0.222. The molecule has 0 spiro atoms. The Morgan fingerprint density at radius 3 is 2.71 bits per heavy atom. The van der Waals surface area contributed by atoms with Gasteiger partial charge in [0.15, 0.2) is 0 Å². The van der Waals surface area contributed by atoms with Crippen molar-refractivity contribution in [1.82, 2.24) is 0 Å². The van der Waals surface area contributed by atoms with Gasteiger partial charge in [-0.1, -0.05) is 11.6 Å². The van der Waals surface area contributed by atoms with Gasteiger partial charge in [0.05, 0.1) is 10.4 Å². The van der Waals surface area contributed by atoms with Gasteiger partial charge in [-0.3, -0.25) is 4.79 Å². The summed E-state index contributed by atoms with van der Waals surface area (Å²) in [5, 5.41) is 8.88. The first-order valence-electron chi connectivity index (χ1n) is 3.80. The second-order valence-corrected chi connectivity index (χ2v) is 4.11. The van der Waals surface area contributed by atoms with Gasteiger partial charge >= 0.3 is 5.97 Å². The molecule has 1 atom stereocenters. The first kappa shape index (κ1) is 11.5. The molecule has 2 nitrogen and oxygen atoms in total. The Kier molecular flexibility index (Phi) is 3.50. The third-order valence-corrected chi connectivity index (χ3v) is 2.81. The number of benzene rings is 1. The third-order valence-electron chi connectivity index (χ3n) is 1.88. The van der Waals surface area contributed by atoms with Crippen molar-refractivity contribution < 1.29 is 14.3 Å². The molecule has 0 aliphatic heterocycles. The largest absolute Gasteiger partial charge is 0.481 e. The van der Waals surface area contributed by atoms with E-state index in [0.717, 1.165) is 6.07 Å². The number of rotatable bonds is 2. The second kappa shape index (κ2) is 4.28. The van der Waals surface area contributed by atoms with Gasteiger partial charge in [0.1, 0.15) is 5.82 Å². The number of carbonyl (C=O) groups is 1. The highest BCUT2D eigenvalue weighted by molar-refractivity contribution is 9.10. The molecular formula is C9H7BrClFO2. The maximum atomic E-state index is 12.9. The minimum atomic E-state index is -0.995. The molecule has 0 aliphatic rings. The topological polar surface area (TPSA) is 37.3 Å². The van der Waals surface area contributed by atoms with Crippen LogP contribution in [-0.2, 0) is 4.79 Å². The first-order chi connectivity index (χ1) is 6.43. The molecule has 0 aromatic heterocycles. The predicted molar refractivity (Wildman–Crippen MR) is 55.2 cm³/mol. The Bertz CT molecular complexity index is 381. The van der Waals surface area contributed by atoms with Crippen molar-refractivity contribution in [3.05, 3.63) is 33.0 Å². The zero-order valence-electron chi connectivity index (χ0n) is 7.22. The average molecular weight is 282 g/mol. The van der Waals surface area contributed by atoms with Gasteiger partial charge in [-0.2, -0.15) is 0 Å². The van der Waals surface area contributed by atoms with Gasteiger partial charge in [-0.15, -0.1) is 0 Å². The molecule has 1 aromatic rings.